The molecule has 1 rings (SSSR count). The zero-order chi connectivity index (χ0) is 9.90. The predicted molar refractivity (Wildman–Crippen MR) is 41.0 cm³/mol. The van der Waals surface area contributed by atoms with E-state index in [2.05, 4.69) is 4.98 Å². The summed E-state index contributed by atoms with van der Waals surface area (Å²) in [6.07, 6.45) is -1.19. The van der Waals surface area contributed by atoms with Crippen LogP contribution in [0.15, 0.2) is 12.4 Å². The molecule has 0 amide bonds. The van der Waals surface area contributed by atoms with Crippen LogP contribution in [0.25, 0.3) is 0 Å². The lowest BCUT2D eigenvalue weighted by atomic mass is 10.4. The first kappa shape index (κ1) is 10.0. The van der Waals surface area contributed by atoms with Gasteiger partial charge in [0.25, 0.3) is 0 Å². The number of nitrogens with two attached hydrogens (primary N) is 1. The van der Waals surface area contributed by atoms with E-state index in [4.69, 9.17) is 5.73 Å². The van der Waals surface area contributed by atoms with Gasteiger partial charge in [0.2, 0.25) is 0 Å². The Hall–Kier alpha value is -1.04. The molecule has 0 spiro atoms. The van der Waals surface area contributed by atoms with E-state index in [1.807, 2.05) is 0 Å². The van der Waals surface area contributed by atoms with Crippen LogP contribution in [0.5, 0.6) is 0 Å². The molecular formula is C7H10F3N3. The van der Waals surface area contributed by atoms with E-state index in [9.17, 15) is 13.2 Å². The van der Waals surface area contributed by atoms with Gasteiger partial charge in [-0.15, -0.1) is 0 Å². The molecule has 0 saturated heterocycles. The summed E-state index contributed by atoms with van der Waals surface area (Å²) >= 11 is 0. The molecule has 1 aromatic heterocycles. The predicted octanol–water partition coefficient (Wildman–Crippen LogP) is 0.947. The van der Waals surface area contributed by atoms with E-state index in [0.717, 1.165) is 4.57 Å². The highest BCUT2D eigenvalue weighted by Crippen LogP contribution is 2.18. The van der Waals surface area contributed by atoms with Crippen molar-refractivity contribution >= 4 is 0 Å². The van der Waals surface area contributed by atoms with E-state index in [0.29, 0.717) is 18.8 Å². The number of nitrogens with zero attached hydrogens (tertiary/aromatic N) is 2. The molecular weight excluding hydrogens is 183 g/mol. The second-order valence-electron chi connectivity index (χ2n) is 2.63. The molecule has 0 atom stereocenters. The first-order valence-corrected chi connectivity index (χ1v) is 3.80. The highest BCUT2D eigenvalue weighted by molar-refractivity contribution is 4.93. The van der Waals surface area contributed by atoms with Crippen molar-refractivity contribution in [3.05, 3.63) is 18.2 Å². The monoisotopic (exact) mass is 193 g/mol. The minimum atomic E-state index is -4.20. The van der Waals surface area contributed by atoms with Crippen LogP contribution in [0.3, 0.4) is 0 Å². The summed E-state index contributed by atoms with van der Waals surface area (Å²) < 4.78 is 36.9. The number of rotatable bonds is 3. The van der Waals surface area contributed by atoms with Gasteiger partial charge in [-0.25, -0.2) is 4.98 Å². The number of alkyl halides is 3. The molecule has 0 saturated carbocycles. The van der Waals surface area contributed by atoms with Crippen molar-refractivity contribution in [1.29, 1.82) is 0 Å². The highest BCUT2D eigenvalue weighted by Gasteiger charge is 2.28. The van der Waals surface area contributed by atoms with Gasteiger partial charge in [-0.2, -0.15) is 13.2 Å². The van der Waals surface area contributed by atoms with E-state index in [1.165, 1.54) is 12.4 Å². The molecule has 1 aromatic rings. The fourth-order valence-corrected chi connectivity index (χ4v) is 1.03. The first-order valence-electron chi connectivity index (χ1n) is 3.80. The highest BCUT2D eigenvalue weighted by atomic mass is 19.4. The molecule has 0 aromatic carbocycles. The van der Waals surface area contributed by atoms with Crippen LogP contribution in [0.2, 0.25) is 0 Å². The van der Waals surface area contributed by atoms with Crippen molar-refractivity contribution in [3.63, 3.8) is 0 Å². The lowest BCUT2D eigenvalue weighted by molar-refractivity contribution is -0.141. The fourth-order valence-electron chi connectivity index (χ4n) is 1.03. The van der Waals surface area contributed by atoms with Gasteiger partial charge in [-0.05, 0) is 6.54 Å². The average Bonchev–Trinajstić information content (AvgIpc) is 2.34. The molecule has 1 heterocycles. The molecule has 0 fully saturated rings. The van der Waals surface area contributed by atoms with Crippen LogP contribution in [0, 0.1) is 0 Å². The molecule has 0 aliphatic carbocycles. The average molecular weight is 193 g/mol. The third kappa shape index (κ3) is 3.06. The molecule has 0 bridgehead atoms. The molecule has 0 aliphatic heterocycles. The first-order chi connectivity index (χ1) is 6.03. The second kappa shape index (κ2) is 3.78. The molecule has 74 valence electrons. The van der Waals surface area contributed by atoms with Gasteiger partial charge >= 0.3 is 6.18 Å². The third-order valence-electron chi connectivity index (χ3n) is 1.52. The molecule has 0 aliphatic rings. The maximum absolute atomic E-state index is 12.0. The quantitative estimate of drug-likeness (QED) is 0.776. The van der Waals surface area contributed by atoms with E-state index < -0.39 is 12.7 Å². The van der Waals surface area contributed by atoms with Gasteiger partial charge < -0.3 is 10.3 Å². The zero-order valence-electron chi connectivity index (χ0n) is 6.88. The minimum Gasteiger partial charge on any atom is -0.330 e. The van der Waals surface area contributed by atoms with Crippen LogP contribution in [0.1, 0.15) is 5.82 Å². The Morgan fingerprint density at radius 2 is 2.15 bits per heavy atom. The van der Waals surface area contributed by atoms with Crippen molar-refractivity contribution in [2.75, 3.05) is 6.54 Å². The Bertz CT molecular complexity index is 266. The van der Waals surface area contributed by atoms with Gasteiger partial charge in [0.1, 0.15) is 12.4 Å². The van der Waals surface area contributed by atoms with Crippen molar-refractivity contribution in [3.8, 4) is 0 Å². The van der Waals surface area contributed by atoms with Crippen LogP contribution >= 0.6 is 0 Å². The Morgan fingerprint density at radius 1 is 1.46 bits per heavy atom. The largest absolute Gasteiger partial charge is 0.406 e. The maximum atomic E-state index is 12.0. The van der Waals surface area contributed by atoms with Crippen LogP contribution in [0.4, 0.5) is 13.2 Å². The van der Waals surface area contributed by atoms with Gasteiger partial charge in [0.05, 0.1) is 0 Å². The van der Waals surface area contributed by atoms with Gasteiger partial charge in [-0.1, -0.05) is 0 Å². The summed E-state index contributed by atoms with van der Waals surface area (Å²) in [5.74, 6) is 0.375. The molecule has 0 radical (unpaired) electrons. The summed E-state index contributed by atoms with van der Waals surface area (Å²) in [5, 5.41) is 0. The minimum absolute atomic E-state index is 0.300. The molecule has 0 unspecified atom stereocenters. The number of halogens is 3. The van der Waals surface area contributed by atoms with Gasteiger partial charge in [0, 0.05) is 18.8 Å². The van der Waals surface area contributed by atoms with E-state index in [1.54, 1.807) is 0 Å². The van der Waals surface area contributed by atoms with E-state index in [-0.39, 0.29) is 0 Å². The lowest BCUT2D eigenvalue weighted by Crippen LogP contribution is -2.20. The van der Waals surface area contributed by atoms with Crippen molar-refractivity contribution in [1.82, 2.24) is 9.55 Å². The number of imidazole rings is 1. The smallest absolute Gasteiger partial charge is 0.330 e. The SMILES string of the molecule is NCCc1nccn1CC(F)(F)F. The lowest BCUT2D eigenvalue weighted by Gasteiger charge is -2.09. The summed E-state index contributed by atoms with van der Waals surface area (Å²) in [6.45, 7) is -0.697. The number of hydrogen-bond acceptors (Lipinski definition) is 2. The van der Waals surface area contributed by atoms with Gasteiger partial charge in [-0.3, -0.25) is 0 Å². The molecule has 2 N–H and O–H groups in total. The van der Waals surface area contributed by atoms with Crippen LogP contribution < -0.4 is 5.73 Å². The topological polar surface area (TPSA) is 43.8 Å². The Labute approximate surface area is 73.4 Å². The Balaban J connectivity index is 2.70. The van der Waals surface area contributed by atoms with E-state index >= 15 is 0 Å². The number of aromatic nitrogens is 2. The van der Waals surface area contributed by atoms with Crippen molar-refractivity contribution < 1.29 is 13.2 Å². The van der Waals surface area contributed by atoms with Gasteiger partial charge in [0.15, 0.2) is 0 Å². The normalized spacial score (nSPS) is 12.0. The summed E-state index contributed by atoms with van der Waals surface area (Å²) in [5.41, 5.74) is 5.22. The third-order valence-corrected chi connectivity index (χ3v) is 1.52. The summed E-state index contributed by atoms with van der Waals surface area (Å²) in [6, 6.07) is 0. The second-order valence-corrected chi connectivity index (χ2v) is 2.63. The zero-order valence-corrected chi connectivity index (χ0v) is 6.88. The Kier molecular flexibility index (Phi) is 2.92. The fraction of sp³-hybridized carbons (Fsp3) is 0.571. The van der Waals surface area contributed by atoms with Crippen molar-refractivity contribution in [2.45, 2.75) is 19.1 Å². The molecule has 3 nitrogen and oxygen atoms in total. The maximum Gasteiger partial charge on any atom is 0.406 e. The van der Waals surface area contributed by atoms with Crippen molar-refractivity contribution in [2.24, 2.45) is 5.73 Å². The molecule has 13 heavy (non-hydrogen) atoms. The van der Waals surface area contributed by atoms with Crippen LogP contribution in [-0.4, -0.2) is 22.3 Å². The Morgan fingerprint density at radius 3 is 2.69 bits per heavy atom. The molecule has 6 heteroatoms. The number of hydrogen-bond donors (Lipinski definition) is 1. The summed E-state index contributed by atoms with van der Waals surface area (Å²) in [4.78, 5) is 3.77. The summed E-state index contributed by atoms with van der Waals surface area (Å²) in [7, 11) is 0. The van der Waals surface area contributed by atoms with Crippen LogP contribution in [-0.2, 0) is 13.0 Å². The standard InChI is InChI=1S/C7H10F3N3/c8-7(9,10)5-13-4-3-12-6(13)1-2-11/h3-4H,1-2,5,11H2.